The highest BCUT2D eigenvalue weighted by atomic mass is 15.5. The van der Waals surface area contributed by atoms with E-state index in [9.17, 15) is 0 Å². The first kappa shape index (κ1) is 13.9. The van der Waals surface area contributed by atoms with Gasteiger partial charge in [0.15, 0.2) is 5.84 Å². The van der Waals surface area contributed by atoms with Crippen LogP contribution in [0, 0.1) is 17.8 Å². The molecule has 2 saturated carbocycles. The lowest BCUT2D eigenvalue weighted by Crippen LogP contribution is -2.37. The fourth-order valence-corrected chi connectivity index (χ4v) is 4.72. The molecule has 1 heterocycles. The van der Waals surface area contributed by atoms with Crippen molar-refractivity contribution < 1.29 is 0 Å². The van der Waals surface area contributed by atoms with Crippen molar-refractivity contribution in [2.45, 2.75) is 25.3 Å². The standard InChI is InChI=1S/C20H20N4/c1-3-7-16(8-4-1)21-22-20-18-14-11-12-15(13-14)19(18)24(23-20)17-9-5-2-6-10-17/h1-10,14-15,18-19H,11-13H2/t14-,15-,18-,19+/m1/s1. The predicted octanol–water partition coefficient (Wildman–Crippen LogP) is 5.02. The number of hydrogen-bond donors (Lipinski definition) is 0. The molecule has 0 saturated heterocycles. The number of azo groups is 1. The number of hydrogen-bond acceptors (Lipinski definition) is 4. The Balaban J connectivity index is 1.50. The first-order valence-corrected chi connectivity index (χ1v) is 8.80. The van der Waals surface area contributed by atoms with Gasteiger partial charge in [0, 0.05) is 5.92 Å². The van der Waals surface area contributed by atoms with Crippen LogP contribution >= 0.6 is 0 Å². The van der Waals surface area contributed by atoms with E-state index in [2.05, 4.69) is 45.6 Å². The number of para-hydroxylation sites is 1. The van der Waals surface area contributed by atoms with Crippen LogP contribution in [0.2, 0.25) is 0 Å². The highest BCUT2D eigenvalue weighted by Gasteiger charge is 2.55. The number of anilines is 1. The summed E-state index contributed by atoms with van der Waals surface area (Å²) < 4.78 is 0. The highest BCUT2D eigenvalue weighted by Crippen LogP contribution is 2.54. The van der Waals surface area contributed by atoms with Gasteiger partial charge in [-0.1, -0.05) is 36.4 Å². The van der Waals surface area contributed by atoms with Crippen molar-refractivity contribution >= 4 is 17.2 Å². The molecule has 0 spiro atoms. The molecule has 0 unspecified atom stereocenters. The monoisotopic (exact) mass is 316 g/mol. The van der Waals surface area contributed by atoms with Gasteiger partial charge in [-0.2, -0.15) is 5.10 Å². The van der Waals surface area contributed by atoms with Gasteiger partial charge >= 0.3 is 0 Å². The highest BCUT2D eigenvalue weighted by molar-refractivity contribution is 5.90. The van der Waals surface area contributed by atoms with E-state index in [0.29, 0.717) is 12.0 Å². The fourth-order valence-electron chi connectivity index (χ4n) is 4.72. The van der Waals surface area contributed by atoms with Crippen molar-refractivity contribution in [3.63, 3.8) is 0 Å². The number of hydrazone groups is 1. The Morgan fingerprint density at radius 1 is 0.833 bits per heavy atom. The van der Waals surface area contributed by atoms with Crippen LogP contribution in [0.4, 0.5) is 11.4 Å². The van der Waals surface area contributed by atoms with Gasteiger partial charge in [-0.15, -0.1) is 10.2 Å². The largest absolute Gasteiger partial charge is 0.260 e. The number of rotatable bonds is 2. The number of benzene rings is 2. The molecule has 2 aromatic carbocycles. The lowest BCUT2D eigenvalue weighted by atomic mass is 9.84. The van der Waals surface area contributed by atoms with Gasteiger partial charge < -0.3 is 0 Å². The average Bonchev–Trinajstić information content (AvgIpc) is 3.34. The maximum absolute atomic E-state index is 4.89. The summed E-state index contributed by atoms with van der Waals surface area (Å²) in [6, 6.07) is 20.9. The molecule has 4 nitrogen and oxygen atoms in total. The first-order chi connectivity index (χ1) is 11.9. The second kappa shape index (κ2) is 5.55. The maximum atomic E-state index is 4.89. The Labute approximate surface area is 141 Å². The number of nitrogens with zero attached hydrogens (tertiary/aromatic N) is 4. The van der Waals surface area contributed by atoms with Crippen molar-refractivity contribution in [2.24, 2.45) is 33.1 Å². The molecule has 1 aliphatic heterocycles. The van der Waals surface area contributed by atoms with E-state index in [1.54, 1.807) is 0 Å². The lowest BCUT2D eigenvalue weighted by Gasteiger charge is -2.30. The molecule has 2 aromatic rings. The molecule has 4 heteroatoms. The van der Waals surface area contributed by atoms with Gasteiger partial charge in [-0.25, -0.2) is 0 Å². The summed E-state index contributed by atoms with van der Waals surface area (Å²) in [5.74, 6) is 2.83. The smallest absolute Gasteiger partial charge is 0.176 e. The molecule has 2 aliphatic carbocycles. The minimum Gasteiger partial charge on any atom is -0.260 e. The summed E-state index contributed by atoms with van der Waals surface area (Å²) in [7, 11) is 0. The number of fused-ring (bicyclic) bond motifs is 5. The minimum atomic E-state index is 0.441. The second-order valence-electron chi connectivity index (χ2n) is 7.02. The summed E-state index contributed by atoms with van der Waals surface area (Å²) >= 11 is 0. The molecular weight excluding hydrogens is 296 g/mol. The van der Waals surface area contributed by atoms with Crippen LogP contribution in [0.3, 0.4) is 0 Å². The SMILES string of the molecule is c1ccc(N=NC2=NN(c3ccccc3)[C@H]3[C@@H]4CC[C@H](C4)[C@@H]23)cc1. The van der Waals surface area contributed by atoms with Crippen molar-refractivity contribution in [3.8, 4) is 0 Å². The van der Waals surface area contributed by atoms with Crippen LogP contribution in [0.1, 0.15) is 19.3 Å². The molecule has 3 aliphatic rings. The summed E-state index contributed by atoms with van der Waals surface area (Å²) in [5.41, 5.74) is 2.06. The molecule has 0 N–H and O–H groups in total. The van der Waals surface area contributed by atoms with Crippen LogP contribution in [-0.4, -0.2) is 11.9 Å². The van der Waals surface area contributed by atoms with Crippen molar-refractivity contribution in [1.29, 1.82) is 0 Å². The summed E-state index contributed by atoms with van der Waals surface area (Å²) in [5, 5.41) is 16.1. The van der Waals surface area contributed by atoms with E-state index in [0.717, 1.165) is 23.4 Å². The Kier molecular flexibility index (Phi) is 3.21. The molecule has 0 radical (unpaired) electrons. The van der Waals surface area contributed by atoms with E-state index >= 15 is 0 Å². The Morgan fingerprint density at radius 3 is 2.33 bits per heavy atom. The molecular formula is C20H20N4. The van der Waals surface area contributed by atoms with E-state index in [-0.39, 0.29) is 0 Å². The van der Waals surface area contributed by atoms with Gasteiger partial charge in [0.2, 0.25) is 0 Å². The molecule has 120 valence electrons. The molecule has 2 bridgehead atoms. The van der Waals surface area contributed by atoms with Gasteiger partial charge in [0.25, 0.3) is 0 Å². The first-order valence-electron chi connectivity index (χ1n) is 8.80. The number of amidine groups is 1. The van der Waals surface area contributed by atoms with Gasteiger partial charge in [0.1, 0.15) is 0 Å². The molecule has 24 heavy (non-hydrogen) atoms. The van der Waals surface area contributed by atoms with Crippen molar-refractivity contribution in [3.05, 3.63) is 60.7 Å². The Bertz CT molecular complexity index is 784. The molecule has 2 fully saturated rings. The summed E-state index contributed by atoms with van der Waals surface area (Å²) in [4.78, 5) is 0. The third-order valence-electron chi connectivity index (χ3n) is 5.71. The normalized spacial score (nSPS) is 30.8. The molecule has 0 aromatic heterocycles. The predicted molar refractivity (Wildman–Crippen MR) is 95.4 cm³/mol. The molecule has 0 amide bonds. The Morgan fingerprint density at radius 2 is 1.54 bits per heavy atom. The quantitative estimate of drug-likeness (QED) is 0.717. The van der Waals surface area contributed by atoms with Gasteiger partial charge in [-0.05, 0) is 55.4 Å². The minimum absolute atomic E-state index is 0.441. The van der Waals surface area contributed by atoms with E-state index in [1.165, 1.54) is 24.9 Å². The van der Waals surface area contributed by atoms with E-state index < -0.39 is 0 Å². The van der Waals surface area contributed by atoms with Gasteiger partial charge in [-0.3, -0.25) is 5.01 Å². The zero-order valence-corrected chi connectivity index (χ0v) is 13.5. The molecule has 4 atom stereocenters. The van der Waals surface area contributed by atoms with Crippen LogP contribution in [0.25, 0.3) is 0 Å². The van der Waals surface area contributed by atoms with Crippen LogP contribution < -0.4 is 5.01 Å². The van der Waals surface area contributed by atoms with E-state index in [1.807, 2.05) is 30.3 Å². The summed E-state index contributed by atoms with van der Waals surface area (Å²) in [6.07, 6.45) is 3.96. The van der Waals surface area contributed by atoms with Crippen LogP contribution in [0.15, 0.2) is 76.0 Å². The second-order valence-corrected chi connectivity index (χ2v) is 7.02. The molecule has 5 rings (SSSR count). The lowest BCUT2D eigenvalue weighted by molar-refractivity contribution is 0.362. The Hall–Kier alpha value is -2.49. The average molecular weight is 316 g/mol. The maximum Gasteiger partial charge on any atom is 0.176 e. The van der Waals surface area contributed by atoms with Crippen LogP contribution in [-0.2, 0) is 0 Å². The topological polar surface area (TPSA) is 40.3 Å². The third-order valence-corrected chi connectivity index (χ3v) is 5.71. The van der Waals surface area contributed by atoms with Crippen molar-refractivity contribution in [1.82, 2.24) is 0 Å². The zero-order valence-electron chi connectivity index (χ0n) is 13.5. The summed E-state index contributed by atoms with van der Waals surface area (Å²) in [6.45, 7) is 0. The van der Waals surface area contributed by atoms with Gasteiger partial charge in [0.05, 0.1) is 17.4 Å². The zero-order chi connectivity index (χ0) is 15.9. The van der Waals surface area contributed by atoms with Crippen LogP contribution in [0.5, 0.6) is 0 Å². The fraction of sp³-hybridized carbons (Fsp3) is 0.350. The van der Waals surface area contributed by atoms with E-state index in [4.69, 9.17) is 5.10 Å². The third kappa shape index (κ3) is 2.17. The van der Waals surface area contributed by atoms with Crippen molar-refractivity contribution in [2.75, 3.05) is 5.01 Å².